The third-order valence-electron chi connectivity index (χ3n) is 4.35. The van der Waals surface area contributed by atoms with Gasteiger partial charge in [-0.05, 0) is 37.1 Å². The SMILES string of the molecule is CC[NH+](CC(=O)NCCc1ccccc1F)CC(=O)Nc1cccc(OC)c1. The van der Waals surface area contributed by atoms with E-state index in [2.05, 4.69) is 10.6 Å². The van der Waals surface area contributed by atoms with Crippen molar-refractivity contribution >= 4 is 17.5 Å². The van der Waals surface area contributed by atoms with Crippen molar-refractivity contribution in [3.8, 4) is 5.75 Å². The largest absolute Gasteiger partial charge is 0.497 e. The number of anilines is 1. The van der Waals surface area contributed by atoms with Gasteiger partial charge >= 0.3 is 0 Å². The molecule has 1 unspecified atom stereocenters. The molecule has 0 spiro atoms. The fourth-order valence-corrected chi connectivity index (χ4v) is 2.77. The molecule has 1 atom stereocenters. The second-order valence-electron chi connectivity index (χ2n) is 6.43. The minimum atomic E-state index is -0.272. The second kappa shape index (κ2) is 11.0. The van der Waals surface area contributed by atoms with E-state index in [1.165, 1.54) is 6.07 Å². The van der Waals surface area contributed by atoms with E-state index in [1.54, 1.807) is 49.6 Å². The Bertz CT molecular complexity index is 798. The maximum atomic E-state index is 13.6. The summed E-state index contributed by atoms with van der Waals surface area (Å²) in [4.78, 5) is 25.2. The van der Waals surface area contributed by atoms with Gasteiger partial charge in [-0.2, -0.15) is 0 Å². The predicted molar refractivity (Wildman–Crippen MR) is 106 cm³/mol. The summed E-state index contributed by atoms with van der Waals surface area (Å²) in [5.74, 6) is 0.0464. The molecule has 0 fully saturated rings. The number of carbonyl (C=O) groups is 2. The van der Waals surface area contributed by atoms with Crippen molar-refractivity contribution in [2.75, 3.05) is 38.6 Å². The molecule has 0 aliphatic heterocycles. The molecule has 28 heavy (non-hydrogen) atoms. The van der Waals surface area contributed by atoms with Gasteiger partial charge in [0.25, 0.3) is 11.8 Å². The molecule has 2 rings (SSSR count). The van der Waals surface area contributed by atoms with Crippen LogP contribution >= 0.6 is 0 Å². The highest BCUT2D eigenvalue weighted by Gasteiger charge is 2.16. The van der Waals surface area contributed by atoms with Crippen LogP contribution in [-0.2, 0) is 16.0 Å². The fraction of sp³-hybridized carbons (Fsp3) is 0.333. The quantitative estimate of drug-likeness (QED) is 0.570. The Hall–Kier alpha value is -2.93. The van der Waals surface area contributed by atoms with Crippen molar-refractivity contribution in [2.24, 2.45) is 0 Å². The maximum absolute atomic E-state index is 13.6. The van der Waals surface area contributed by atoms with Crippen LogP contribution in [0.25, 0.3) is 0 Å². The molecule has 0 radical (unpaired) electrons. The summed E-state index contributed by atoms with van der Waals surface area (Å²) in [6, 6.07) is 13.6. The van der Waals surface area contributed by atoms with Crippen LogP contribution in [0.3, 0.4) is 0 Å². The van der Waals surface area contributed by atoms with Crippen molar-refractivity contribution < 1.29 is 23.6 Å². The Labute approximate surface area is 164 Å². The van der Waals surface area contributed by atoms with Gasteiger partial charge in [0.1, 0.15) is 11.6 Å². The highest BCUT2D eigenvalue weighted by atomic mass is 19.1. The molecule has 0 aliphatic carbocycles. The zero-order chi connectivity index (χ0) is 20.4. The van der Waals surface area contributed by atoms with E-state index >= 15 is 0 Å². The summed E-state index contributed by atoms with van der Waals surface area (Å²) in [7, 11) is 1.56. The van der Waals surface area contributed by atoms with E-state index in [0.29, 0.717) is 36.5 Å². The topological polar surface area (TPSA) is 71.9 Å². The van der Waals surface area contributed by atoms with Crippen LogP contribution in [0.15, 0.2) is 48.5 Å². The molecule has 2 amide bonds. The van der Waals surface area contributed by atoms with Crippen LogP contribution in [-0.4, -0.2) is 45.1 Å². The smallest absolute Gasteiger partial charge is 0.279 e. The van der Waals surface area contributed by atoms with Crippen LogP contribution in [0, 0.1) is 5.82 Å². The van der Waals surface area contributed by atoms with Gasteiger partial charge in [-0.15, -0.1) is 0 Å². The standard InChI is InChI=1S/C21H26FN3O3/c1-3-25(15-21(27)24-17-8-6-9-18(13-17)28-2)14-20(26)23-12-11-16-7-4-5-10-19(16)22/h4-10,13H,3,11-12,14-15H2,1-2H3,(H,23,26)(H,24,27)/p+1. The molecule has 0 aliphatic rings. The number of quaternary nitrogens is 1. The van der Waals surface area contributed by atoms with Gasteiger partial charge in [-0.3, -0.25) is 9.59 Å². The van der Waals surface area contributed by atoms with Gasteiger partial charge in [-0.25, -0.2) is 4.39 Å². The first kappa shape index (κ1) is 21.4. The number of methoxy groups -OCH3 is 1. The molecule has 3 N–H and O–H groups in total. The van der Waals surface area contributed by atoms with E-state index in [9.17, 15) is 14.0 Å². The highest BCUT2D eigenvalue weighted by Crippen LogP contribution is 2.16. The van der Waals surface area contributed by atoms with Crippen molar-refractivity contribution in [1.82, 2.24) is 5.32 Å². The average Bonchev–Trinajstić information content (AvgIpc) is 2.69. The number of amides is 2. The summed E-state index contributed by atoms with van der Waals surface area (Å²) in [5, 5.41) is 5.60. The zero-order valence-electron chi connectivity index (χ0n) is 16.3. The molecular formula is C21H27FN3O3+. The number of benzene rings is 2. The lowest BCUT2D eigenvalue weighted by Gasteiger charge is -2.17. The number of hydrogen-bond donors (Lipinski definition) is 3. The Morgan fingerprint density at radius 2 is 1.82 bits per heavy atom. The molecule has 0 heterocycles. The van der Waals surface area contributed by atoms with Crippen LogP contribution in [0.2, 0.25) is 0 Å². The molecule has 150 valence electrons. The fourth-order valence-electron chi connectivity index (χ4n) is 2.77. The average molecular weight is 388 g/mol. The molecule has 0 bridgehead atoms. The van der Waals surface area contributed by atoms with Gasteiger partial charge in [0.2, 0.25) is 0 Å². The summed E-state index contributed by atoms with van der Waals surface area (Å²) in [6.45, 7) is 3.26. The first-order valence-electron chi connectivity index (χ1n) is 9.29. The number of rotatable bonds is 10. The van der Waals surface area contributed by atoms with E-state index in [-0.39, 0.29) is 30.7 Å². The summed E-state index contributed by atoms with van der Waals surface area (Å²) >= 11 is 0. The van der Waals surface area contributed by atoms with E-state index in [4.69, 9.17) is 4.74 Å². The van der Waals surface area contributed by atoms with Crippen LogP contribution in [0.5, 0.6) is 5.75 Å². The zero-order valence-corrected chi connectivity index (χ0v) is 16.3. The third-order valence-corrected chi connectivity index (χ3v) is 4.35. The Morgan fingerprint density at radius 1 is 1.07 bits per heavy atom. The molecule has 0 saturated heterocycles. The van der Waals surface area contributed by atoms with E-state index < -0.39 is 0 Å². The lowest BCUT2D eigenvalue weighted by Crippen LogP contribution is -3.14. The molecule has 2 aromatic carbocycles. The van der Waals surface area contributed by atoms with Crippen molar-refractivity contribution in [3.63, 3.8) is 0 Å². The lowest BCUT2D eigenvalue weighted by atomic mass is 10.1. The normalized spacial score (nSPS) is 11.5. The molecule has 0 aromatic heterocycles. The Morgan fingerprint density at radius 3 is 2.54 bits per heavy atom. The van der Waals surface area contributed by atoms with Crippen LogP contribution in [0.4, 0.5) is 10.1 Å². The van der Waals surface area contributed by atoms with Crippen molar-refractivity contribution in [3.05, 3.63) is 59.9 Å². The van der Waals surface area contributed by atoms with Crippen molar-refractivity contribution in [2.45, 2.75) is 13.3 Å². The number of carbonyl (C=O) groups excluding carboxylic acids is 2. The van der Waals surface area contributed by atoms with Gasteiger partial charge in [-0.1, -0.05) is 24.3 Å². The second-order valence-corrected chi connectivity index (χ2v) is 6.43. The van der Waals surface area contributed by atoms with Gasteiger partial charge in [0.05, 0.1) is 13.7 Å². The van der Waals surface area contributed by atoms with Crippen molar-refractivity contribution in [1.29, 1.82) is 0 Å². The monoisotopic (exact) mass is 388 g/mol. The minimum Gasteiger partial charge on any atom is -0.497 e. The molecule has 0 saturated carbocycles. The number of halogens is 1. The minimum absolute atomic E-state index is 0.164. The predicted octanol–water partition coefficient (Wildman–Crippen LogP) is 1.04. The number of nitrogens with one attached hydrogen (secondary N) is 3. The Balaban J connectivity index is 1.76. The molecule has 6 nitrogen and oxygen atoms in total. The number of hydrogen-bond acceptors (Lipinski definition) is 3. The first-order valence-corrected chi connectivity index (χ1v) is 9.29. The van der Waals surface area contributed by atoms with Gasteiger partial charge < -0.3 is 20.3 Å². The number of likely N-dealkylation sites (N-methyl/N-ethyl adjacent to an activating group) is 1. The molecule has 7 heteroatoms. The van der Waals surface area contributed by atoms with E-state index in [0.717, 1.165) is 4.90 Å². The van der Waals surface area contributed by atoms with Gasteiger partial charge in [0.15, 0.2) is 13.1 Å². The third kappa shape index (κ3) is 7.00. The lowest BCUT2D eigenvalue weighted by molar-refractivity contribution is -0.881. The summed E-state index contributed by atoms with van der Waals surface area (Å²) in [5.41, 5.74) is 1.22. The highest BCUT2D eigenvalue weighted by molar-refractivity contribution is 5.91. The Kier molecular flexibility index (Phi) is 8.42. The maximum Gasteiger partial charge on any atom is 0.279 e. The molecule has 2 aromatic rings. The summed E-state index contributed by atoms with van der Waals surface area (Å²) < 4.78 is 18.7. The molecular weight excluding hydrogens is 361 g/mol. The van der Waals surface area contributed by atoms with Crippen LogP contribution in [0.1, 0.15) is 12.5 Å². The number of ether oxygens (including phenoxy) is 1. The summed E-state index contributed by atoms with van der Waals surface area (Å²) in [6.07, 6.45) is 0.427. The van der Waals surface area contributed by atoms with E-state index in [1.807, 2.05) is 6.92 Å². The first-order chi connectivity index (χ1) is 13.5. The van der Waals surface area contributed by atoms with Crippen LogP contribution < -0.4 is 20.3 Å². The van der Waals surface area contributed by atoms with Gasteiger partial charge in [0, 0.05) is 18.3 Å².